The first-order valence-corrected chi connectivity index (χ1v) is 6.39. The van der Waals surface area contributed by atoms with E-state index in [-0.39, 0.29) is 16.7 Å². The zero-order valence-electron chi connectivity index (χ0n) is 10.1. The molecule has 2 rings (SSSR count). The summed E-state index contributed by atoms with van der Waals surface area (Å²) in [6, 6.07) is 6.01. The highest BCUT2D eigenvalue weighted by Crippen LogP contribution is 2.37. The maximum atomic E-state index is 12.2. The summed E-state index contributed by atoms with van der Waals surface area (Å²) in [6.45, 7) is 2.63. The molecule has 0 aliphatic rings. The maximum absolute atomic E-state index is 12.2. The fourth-order valence-corrected chi connectivity index (χ4v) is 2.22. The van der Waals surface area contributed by atoms with Crippen LogP contribution in [0.25, 0.3) is 11.3 Å². The van der Waals surface area contributed by atoms with Gasteiger partial charge < -0.3 is 10.3 Å². The minimum absolute atomic E-state index is 0.138. The van der Waals surface area contributed by atoms with Crippen molar-refractivity contribution in [1.29, 1.82) is 0 Å². The van der Waals surface area contributed by atoms with Crippen molar-refractivity contribution in [2.75, 3.05) is 5.73 Å². The van der Waals surface area contributed by atoms with Crippen molar-refractivity contribution >= 4 is 17.6 Å². The van der Waals surface area contributed by atoms with Crippen LogP contribution in [0.15, 0.2) is 35.5 Å². The molecule has 102 valence electrons. The van der Waals surface area contributed by atoms with Gasteiger partial charge in [0.25, 0.3) is 0 Å². The lowest BCUT2D eigenvalue weighted by Crippen LogP contribution is -2.00. The number of rotatable bonds is 3. The van der Waals surface area contributed by atoms with Gasteiger partial charge in [-0.05, 0) is 30.8 Å². The number of aryl methyl sites for hydroxylation is 1. The first-order chi connectivity index (χ1) is 8.90. The molecule has 0 amide bonds. The van der Waals surface area contributed by atoms with Crippen LogP contribution in [0.1, 0.15) is 6.92 Å². The number of hydrogen-bond acceptors (Lipinski definition) is 3. The van der Waals surface area contributed by atoms with Crippen LogP contribution in [0.4, 0.5) is 19.0 Å². The van der Waals surface area contributed by atoms with Crippen LogP contribution < -0.4 is 5.73 Å². The molecular formula is C12H12F3N3S. The molecule has 0 aliphatic carbocycles. The second-order valence-electron chi connectivity index (χ2n) is 3.84. The molecule has 0 radical (unpaired) electrons. The molecule has 1 heterocycles. The van der Waals surface area contributed by atoms with E-state index in [1.54, 1.807) is 23.0 Å². The average Bonchev–Trinajstić information content (AvgIpc) is 2.69. The van der Waals surface area contributed by atoms with Gasteiger partial charge >= 0.3 is 5.51 Å². The quantitative estimate of drug-likeness (QED) is 0.874. The molecule has 0 aliphatic heterocycles. The Kier molecular flexibility index (Phi) is 3.75. The fraction of sp³-hybridized carbons (Fsp3) is 0.250. The Morgan fingerprint density at radius 2 is 1.89 bits per heavy atom. The van der Waals surface area contributed by atoms with E-state index in [1.165, 1.54) is 12.1 Å². The summed E-state index contributed by atoms with van der Waals surface area (Å²) in [5.74, 6) is 0.513. The zero-order chi connectivity index (χ0) is 14.0. The van der Waals surface area contributed by atoms with E-state index >= 15 is 0 Å². The second kappa shape index (κ2) is 5.16. The number of nitrogen functional groups attached to an aromatic ring is 1. The van der Waals surface area contributed by atoms with Gasteiger partial charge in [0.2, 0.25) is 0 Å². The Labute approximate surface area is 112 Å². The van der Waals surface area contributed by atoms with Crippen LogP contribution >= 0.6 is 11.8 Å². The van der Waals surface area contributed by atoms with Crippen molar-refractivity contribution in [2.24, 2.45) is 0 Å². The topological polar surface area (TPSA) is 43.8 Å². The molecule has 2 aromatic rings. The van der Waals surface area contributed by atoms with Crippen LogP contribution in [-0.2, 0) is 6.54 Å². The molecule has 0 saturated carbocycles. The van der Waals surface area contributed by atoms with Gasteiger partial charge in [-0.15, -0.1) is 0 Å². The van der Waals surface area contributed by atoms with Crippen LogP contribution in [0.2, 0.25) is 0 Å². The summed E-state index contributed by atoms with van der Waals surface area (Å²) in [5.41, 5.74) is 2.92. The van der Waals surface area contributed by atoms with Crippen molar-refractivity contribution in [2.45, 2.75) is 23.9 Å². The number of alkyl halides is 3. The number of imidazole rings is 1. The molecule has 0 atom stereocenters. The molecule has 0 bridgehead atoms. The van der Waals surface area contributed by atoms with Gasteiger partial charge in [0.15, 0.2) is 0 Å². The highest BCUT2D eigenvalue weighted by Gasteiger charge is 2.29. The van der Waals surface area contributed by atoms with E-state index in [4.69, 9.17) is 5.73 Å². The van der Waals surface area contributed by atoms with Crippen molar-refractivity contribution < 1.29 is 13.2 Å². The molecule has 0 fully saturated rings. The number of benzene rings is 1. The van der Waals surface area contributed by atoms with E-state index < -0.39 is 5.51 Å². The zero-order valence-corrected chi connectivity index (χ0v) is 10.9. The summed E-state index contributed by atoms with van der Waals surface area (Å²) >= 11 is -0.138. The minimum atomic E-state index is -4.27. The monoisotopic (exact) mass is 287 g/mol. The third kappa shape index (κ3) is 3.23. The Morgan fingerprint density at radius 3 is 2.37 bits per heavy atom. The maximum Gasteiger partial charge on any atom is 0.446 e. The van der Waals surface area contributed by atoms with Gasteiger partial charge in [-0.25, -0.2) is 4.98 Å². The third-order valence-electron chi connectivity index (χ3n) is 2.58. The molecule has 0 unspecified atom stereocenters. The van der Waals surface area contributed by atoms with Gasteiger partial charge in [0, 0.05) is 17.0 Å². The lowest BCUT2D eigenvalue weighted by Gasteiger charge is -2.06. The highest BCUT2D eigenvalue weighted by molar-refractivity contribution is 8.00. The van der Waals surface area contributed by atoms with Crippen LogP contribution in [-0.4, -0.2) is 15.1 Å². The molecule has 7 heteroatoms. The van der Waals surface area contributed by atoms with Crippen molar-refractivity contribution in [3.8, 4) is 11.3 Å². The van der Waals surface area contributed by atoms with Gasteiger partial charge in [0.05, 0.1) is 6.33 Å². The van der Waals surface area contributed by atoms with Crippen LogP contribution in [0.3, 0.4) is 0 Å². The van der Waals surface area contributed by atoms with E-state index in [1.807, 2.05) is 6.92 Å². The van der Waals surface area contributed by atoms with Gasteiger partial charge in [-0.3, -0.25) is 0 Å². The number of aromatic nitrogens is 2. The Balaban J connectivity index is 2.25. The summed E-state index contributed by atoms with van der Waals surface area (Å²) in [5, 5.41) is 0. The van der Waals surface area contributed by atoms with E-state index in [0.717, 1.165) is 0 Å². The van der Waals surface area contributed by atoms with Crippen molar-refractivity contribution in [3.63, 3.8) is 0 Å². The summed E-state index contributed by atoms with van der Waals surface area (Å²) in [7, 11) is 0. The van der Waals surface area contributed by atoms with E-state index in [9.17, 15) is 13.2 Å². The third-order valence-corrected chi connectivity index (χ3v) is 3.32. The average molecular weight is 287 g/mol. The van der Waals surface area contributed by atoms with Gasteiger partial charge in [-0.2, -0.15) is 13.2 Å². The van der Waals surface area contributed by atoms with Gasteiger partial charge in [0.1, 0.15) is 11.5 Å². The minimum Gasteiger partial charge on any atom is -0.383 e. The molecule has 19 heavy (non-hydrogen) atoms. The number of thioether (sulfide) groups is 1. The summed E-state index contributed by atoms with van der Waals surface area (Å²) in [6.07, 6.45) is 1.61. The fourth-order valence-electron chi connectivity index (χ4n) is 1.68. The van der Waals surface area contributed by atoms with Crippen LogP contribution in [0, 0.1) is 0 Å². The lowest BCUT2D eigenvalue weighted by atomic mass is 10.1. The summed E-state index contributed by atoms with van der Waals surface area (Å²) < 4.78 is 38.4. The second-order valence-corrected chi connectivity index (χ2v) is 4.98. The Bertz CT molecular complexity index is 561. The molecule has 0 spiro atoms. The first-order valence-electron chi connectivity index (χ1n) is 5.57. The number of anilines is 1. The summed E-state index contributed by atoms with van der Waals surface area (Å²) in [4.78, 5) is 4.31. The highest BCUT2D eigenvalue weighted by atomic mass is 32.2. The SMILES string of the molecule is CCn1cnc(-c2ccc(SC(F)(F)F)cc2)c1N. The molecule has 1 aromatic carbocycles. The Morgan fingerprint density at radius 1 is 1.26 bits per heavy atom. The van der Waals surface area contributed by atoms with Crippen molar-refractivity contribution in [1.82, 2.24) is 9.55 Å². The first kappa shape index (κ1) is 13.8. The molecule has 3 nitrogen and oxygen atoms in total. The lowest BCUT2D eigenvalue weighted by molar-refractivity contribution is -0.0328. The molecule has 0 saturated heterocycles. The Hall–Kier alpha value is -1.63. The number of nitrogens with zero attached hydrogens (tertiary/aromatic N) is 2. The number of halogens is 3. The van der Waals surface area contributed by atoms with E-state index in [0.29, 0.717) is 23.6 Å². The molecule has 1 aromatic heterocycles. The van der Waals surface area contributed by atoms with Crippen molar-refractivity contribution in [3.05, 3.63) is 30.6 Å². The largest absolute Gasteiger partial charge is 0.446 e. The van der Waals surface area contributed by atoms with E-state index in [2.05, 4.69) is 4.98 Å². The number of nitrogens with two attached hydrogens (primary N) is 1. The molecular weight excluding hydrogens is 275 g/mol. The predicted octanol–water partition coefficient (Wildman–Crippen LogP) is 3.76. The molecule has 2 N–H and O–H groups in total. The van der Waals surface area contributed by atoms with Gasteiger partial charge in [-0.1, -0.05) is 12.1 Å². The normalized spacial score (nSPS) is 11.8. The predicted molar refractivity (Wildman–Crippen MR) is 69.7 cm³/mol. The number of hydrogen-bond donors (Lipinski definition) is 1. The smallest absolute Gasteiger partial charge is 0.383 e. The standard InChI is InChI=1S/C12H12F3N3S/c1-2-18-7-17-10(11(18)16)8-3-5-9(6-4-8)19-12(13,14)15/h3-7H,2,16H2,1H3. The van der Waals surface area contributed by atoms with Crippen LogP contribution in [0.5, 0.6) is 0 Å².